The minimum absolute atomic E-state index is 0.00396. The summed E-state index contributed by atoms with van der Waals surface area (Å²) in [6.45, 7) is 4.52. The van der Waals surface area contributed by atoms with Crippen LogP contribution in [0.2, 0.25) is 0 Å². The summed E-state index contributed by atoms with van der Waals surface area (Å²) in [5, 5.41) is 11.7. The molecule has 8 heteroatoms. The summed E-state index contributed by atoms with van der Waals surface area (Å²) >= 11 is 1.34. The van der Waals surface area contributed by atoms with Gasteiger partial charge >= 0.3 is 5.91 Å². The van der Waals surface area contributed by atoms with Crippen molar-refractivity contribution in [3.05, 3.63) is 89.3 Å². The number of nitrogens with zero attached hydrogens (tertiary/aromatic N) is 3. The zero-order chi connectivity index (χ0) is 24.5. The van der Waals surface area contributed by atoms with Gasteiger partial charge < -0.3 is 9.84 Å². The Morgan fingerprint density at radius 1 is 1.11 bits per heavy atom. The van der Waals surface area contributed by atoms with Crippen molar-refractivity contribution in [2.24, 2.45) is 0 Å². The zero-order valence-electron chi connectivity index (χ0n) is 19.3. The average Bonchev–Trinajstić information content (AvgIpc) is 3.40. The first-order chi connectivity index (χ1) is 17.0. The van der Waals surface area contributed by atoms with Crippen molar-refractivity contribution < 1.29 is 19.4 Å². The SMILES string of the molecule is CCCOc1cccc(/C(O)=C2\C(=O)C(=O)N(c3nc4ccc(C)cc4s3)C2c2ccncc2)c1. The maximum atomic E-state index is 13.3. The molecule has 7 nitrogen and oxygen atoms in total. The molecule has 3 heterocycles. The molecular weight excluding hydrogens is 462 g/mol. The first kappa shape index (κ1) is 22.7. The minimum atomic E-state index is -0.847. The number of ether oxygens (including phenoxy) is 1. The van der Waals surface area contributed by atoms with Gasteiger partial charge in [-0.2, -0.15) is 0 Å². The largest absolute Gasteiger partial charge is 0.507 e. The number of aromatic nitrogens is 2. The maximum Gasteiger partial charge on any atom is 0.301 e. The fraction of sp³-hybridized carbons (Fsp3) is 0.185. The van der Waals surface area contributed by atoms with Crippen molar-refractivity contribution in [1.29, 1.82) is 0 Å². The van der Waals surface area contributed by atoms with Gasteiger partial charge in [0, 0.05) is 18.0 Å². The molecule has 0 bridgehead atoms. The van der Waals surface area contributed by atoms with Crippen LogP contribution in [0.5, 0.6) is 5.75 Å². The molecule has 5 rings (SSSR count). The Balaban J connectivity index is 1.67. The van der Waals surface area contributed by atoms with Crippen LogP contribution in [-0.2, 0) is 9.59 Å². The molecule has 1 aliphatic rings. The standard InChI is InChI=1S/C27H23N3O4S/c1-3-13-34-19-6-4-5-18(15-19)24(31)22-23(17-9-11-28-12-10-17)30(26(33)25(22)32)27-29-20-8-7-16(2)14-21(20)35-27/h4-12,14-15,23,31H,3,13H2,1-2H3/b24-22+. The average molecular weight is 486 g/mol. The van der Waals surface area contributed by atoms with Crippen LogP contribution in [0.4, 0.5) is 5.13 Å². The summed E-state index contributed by atoms with van der Waals surface area (Å²) in [6.07, 6.45) is 4.03. The monoisotopic (exact) mass is 485 g/mol. The van der Waals surface area contributed by atoms with Crippen molar-refractivity contribution in [2.75, 3.05) is 11.5 Å². The van der Waals surface area contributed by atoms with Crippen LogP contribution < -0.4 is 9.64 Å². The van der Waals surface area contributed by atoms with Crippen LogP contribution in [0.25, 0.3) is 16.0 Å². The topological polar surface area (TPSA) is 92.6 Å². The molecule has 35 heavy (non-hydrogen) atoms. The number of hydrogen-bond acceptors (Lipinski definition) is 7. The van der Waals surface area contributed by atoms with E-state index in [1.54, 1.807) is 48.8 Å². The number of Topliss-reactive ketones (excluding diaryl/α,β-unsaturated/α-hetero) is 1. The van der Waals surface area contributed by atoms with Gasteiger partial charge in [-0.25, -0.2) is 4.98 Å². The lowest BCUT2D eigenvalue weighted by atomic mass is 9.96. The lowest BCUT2D eigenvalue weighted by molar-refractivity contribution is -0.132. The fourth-order valence-electron chi connectivity index (χ4n) is 4.12. The van der Waals surface area contributed by atoms with Crippen molar-refractivity contribution in [1.82, 2.24) is 9.97 Å². The van der Waals surface area contributed by atoms with Crippen molar-refractivity contribution in [3.8, 4) is 5.75 Å². The second-order valence-corrected chi connectivity index (χ2v) is 9.30. The van der Waals surface area contributed by atoms with E-state index in [1.165, 1.54) is 16.2 Å². The van der Waals surface area contributed by atoms with Crippen LogP contribution in [0.3, 0.4) is 0 Å². The Bertz CT molecular complexity index is 1460. The van der Waals surface area contributed by atoms with Crippen LogP contribution in [-0.4, -0.2) is 33.4 Å². The molecule has 4 aromatic rings. The summed E-state index contributed by atoms with van der Waals surface area (Å²) in [7, 11) is 0. The quantitative estimate of drug-likeness (QED) is 0.223. The number of rotatable bonds is 6. The number of aliphatic hydroxyl groups excluding tert-OH is 1. The number of thiazole rings is 1. The van der Waals surface area contributed by atoms with Gasteiger partial charge in [-0.3, -0.25) is 19.5 Å². The predicted molar refractivity (Wildman–Crippen MR) is 136 cm³/mol. The Labute approximate surface area is 206 Å². The van der Waals surface area contributed by atoms with Gasteiger partial charge in [0.25, 0.3) is 5.78 Å². The Hall–Kier alpha value is -4.04. The summed E-state index contributed by atoms with van der Waals surface area (Å²) in [6, 6.07) is 15.3. The van der Waals surface area contributed by atoms with Crippen molar-refractivity contribution >= 4 is 44.1 Å². The molecule has 2 aromatic carbocycles. The number of ketones is 1. The number of carbonyl (C=O) groups is 2. The molecular formula is C27H23N3O4S. The molecule has 1 unspecified atom stereocenters. The van der Waals surface area contributed by atoms with Gasteiger partial charge in [-0.1, -0.05) is 36.5 Å². The number of anilines is 1. The number of carbonyl (C=O) groups excluding carboxylic acids is 2. The molecule has 1 saturated heterocycles. The molecule has 176 valence electrons. The second-order valence-electron chi connectivity index (χ2n) is 8.29. The highest BCUT2D eigenvalue weighted by molar-refractivity contribution is 7.22. The molecule has 0 aliphatic carbocycles. The highest BCUT2D eigenvalue weighted by Crippen LogP contribution is 2.44. The first-order valence-electron chi connectivity index (χ1n) is 11.3. The molecule has 0 saturated carbocycles. The number of fused-ring (bicyclic) bond motifs is 1. The normalized spacial score (nSPS) is 17.3. The third kappa shape index (κ3) is 4.17. The van der Waals surface area contributed by atoms with Gasteiger partial charge in [-0.15, -0.1) is 0 Å². The highest BCUT2D eigenvalue weighted by atomic mass is 32.1. The Morgan fingerprint density at radius 2 is 1.91 bits per heavy atom. The Morgan fingerprint density at radius 3 is 2.69 bits per heavy atom. The van der Waals surface area contributed by atoms with Gasteiger partial charge in [0.15, 0.2) is 5.13 Å². The lowest BCUT2D eigenvalue weighted by Crippen LogP contribution is -2.29. The van der Waals surface area contributed by atoms with Gasteiger partial charge in [0.05, 0.1) is 28.4 Å². The van der Waals surface area contributed by atoms with E-state index in [9.17, 15) is 14.7 Å². The predicted octanol–water partition coefficient (Wildman–Crippen LogP) is 5.41. The molecule has 1 fully saturated rings. The summed E-state index contributed by atoms with van der Waals surface area (Å²) in [5.41, 5.74) is 2.87. The molecule has 1 amide bonds. The van der Waals surface area contributed by atoms with E-state index in [-0.39, 0.29) is 11.3 Å². The van der Waals surface area contributed by atoms with E-state index in [2.05, 4.69) is 9.97 Å². The Kier molecular flexibility index (Phi) is 6.05. The summed E-state index contributed by atoms with van der Waals surface area (Å²) in [4.78, 5) is 36.8. The van der Waals surface area contributed by atoms with Crippen molar-refractivity contribution in [3.63, 3.8) is 0 Å². The number of hydrogen-bond donors (Lipinski definition) is 1. The van der Waals surface area contributed by atoms with Crippen LogP contribution in [0.1, 0.15) is 36.1 Å². The van der Waals surface area contributed by atoms with E-state index in [1.807, 2.05) is 32.0 Å². The van der Waals surface area contributed by atoms with E-state index >= 15 is 0 Å². The third-order valence-corrected chi connectivity index (χ3v) is 6.80. The smallest absolute Gasteiger partial charge is 0.301 e. The van der Waals surface area contributed by atoms with E-state index in [4.69, 9.17) is 4.74 Å². The van der Waals surface area contributed by atoms with E-state index < -0.39 is 17.7 Å². The maximum absolute atomic E-state index is 13.3. The van der Waals surface area contributed by atoms with Gasteiger partial charge in [0.1, 0.15) is 11.5 Å². The number of benzene rings is 2. The number of aliphatic hydroxyl groups is 1. The molecule has 2 aromatic heterocycles. The van der Waals surface area contributed by atoms with Crippen LogP contribution in [0.15, 0.2) is 72.6 Å². The number of pyridine rings is 1. The van der Waals surface area contributed by atoms with Gasteiger partial charge in [0.2, 0.25) is 0 Å². The molecule has 1 atom stereocenters. The molecule has 1 aliphatic heterocycles. The molecule has 0 spiro atoms. The van der Waals surface area contributed by atoms with E-state index in [0.29, 0.717) is 28.6 Å². The highest BCUT2D eigenvalue weighted by Gasteiger charge is 2.48. The number of aryl methyl sites for hydroxylation is 1. The minimum Gasteiger partial charge on any atom is -0.507 e. The van der Waals surface area contributed by atoms with Crippen LogP contribution >= 0.6 is 11.3 Å². The fourth-order valence-corrected chi connectivity index (χ4v) is 5.21. The zero-order valence-corrected chi connectivity index (χ0v) is 20.1. The molecule has 1 N–H and O–H groups in total. The third-order valence-electron chi connectivity index (χ3n) is 5.79. The van der Waals surface area contributed by atoms with Crippen LogP contribution in [0, 0.1) is 6.92 Å². The summed E-state index contributed by atoms with van der Waals surface area (Å²) < 4.78 is 6.60. The molecule has 0 radical (unpaired) electrons. The summed E-state index contributed by atoms with van der Waals surface area (Å²) in [5.74, 6) is -1.18. The van der Waals surface area contributed by atoms with Gasteiger partial charge in [-0.05, 0) is 60.9 Å². The number of amides is 1. The lowest BCUT2D eigenvalue weighted by Gasteiger charge is -2.22. The van der Waals surface area contributed by atoms with E-state index in [0.717, 1.165) is 22.2 Å². The first-order valence-corrected chi connectivity index (χ1v) is 12.1. The second kappa shape index (κ2) is 9.31. The van der Waals surface area contributed by atoms with Crippen molar-refractivity contribution in [2.45, 2.75) is 26.3 Å².